The number of hydrogen-bond donors (Lipinski definition) is 2. The van der Waals surface area contributed by atoms with Crippen LogP contribution in [0.2, 0.25) is 0 Å². The van der Waals surface area contributed by atoms with E-state index >= 15 is 0 Å². The van der Waals surface area contributed by atoms with Gasteiger partial charge in [0.05, 0.1) is 6.04 Å². The molecule has 1 aromatic carbocycles. The van der Waals surface area contributed by atoms with Crippen LogP contribution in [0, 0.1) is 0 Å². The summed E-state index contributed by atoms with van der Waals surface area (Å²) in [7, 11) is 0. The zero-order valence-electron chi connectivity index (χ0n) is 11.3. The number of amides is 1. The van der Waals surface area contributed by atoms with E-state index in [1.54, 1.807) is 12.2 Å². The molecule has 0 aromatic heterocycles. The van der Waals surface area contributed by atoms with Crippen molar-refractivity contribution in [1.29, 1.82) is 0 Å². The molecule has 3 heteroatoms. The molecule has 0 heterocycles. The van der Waals surface area contributed by atoms with E-state index in [1.165, 1.54) is 5.56 Å². The highest BCUT2D eigenvalue weighted by Crippen LogP contribution is 2.05. The molecule has 0 fully saturated rings. The summed E-state index contributed by atoms with van der Waals surface area (Å²) in [4.78, 5) is 12.0. The van der Waals surface area contributed by atoms with Crippen molar-refractivity contribution in [2.75, 3.05) is 13.1 Å². The summed E-state index contributed by atoms with van der Waals surface area (Å²) in [6.07, 6.45) is 5.08. The van der Waals surface area contributed by atoms with Gasteiger partial charge in [-0.05, 0) is 18.4 Å². The molecule has 1 aromatic rings. The van der Waals surface area contributed by atoms with Gasteiger partial charge in [-0.15, -0.1) is 13.2 Å². The van der Waals surface area contributed by atoms with Crippen molar-refractivity contribution in [3.63, 3.8) is 0 Å². The van der Waals surface area contributed by atoms with Crippen LogP contribution in [0.25, 0.3) is 0 Å². The Labute approximate surface area is 115 Å². The van der Waals surface area contributed by atoms with Crippen LogP contribution >= 0.6 is 0 Å². The van der Waals surface area contributed by atoms with Gasteiger partial charge in [-0.2, -0.15) is 0 Å². The fraction of sp³-hybridized carbons (Fsp3) is 0.312. The summed E-state index contributed by atoms with van der Waals surface area (Å²) in [5.41, 5.74) is 1.24. The van der Waals surface area contributed by atoms with E-state index in [0.717, 1.165) is 12.8 Å². The quantitative estimate of drug-likeness (QED) is 0.666. The zero-order chi connectivity index (χ0) is 13.9. The van der Waals surface area contributed by atoms with E-state index in [0.29, 0.717) is 13.1 Å². The average Bonchev–Trinajstić information content (AvgIpc) is 2.46. The Bertz CT molecular complexity index is 400. The van der Waals surface area contributed by atoms with Gasteiger partial charge in [-0.1, -0.05) is 42.5 Å². The Morgan fingerprint density at radius 1 is 1.16 bits per heavy atom. The summed E-state index contributed by atoms with van der Waals surface area (Å²) >= 11 is 0. The number of nitrogens with one attached hydrogen (secondary N) is 2. The molecule has 0 bridgehead atoms. The molecule has 0 radical (unpaired) electrons. The van der Waals surface area contributed by atoms with Gasteiger partial charge >= 0.3 is 0 Å². The first kappa shape index (κ1) is 15.2. The molecule has 0 saturated heterocycles. The molecule has 0 saturated carbocycles. The molecule has 102 valence electrons. The standard InChI is InChI=1S/C16H22N2O/c1-3-12-17-15(16(19)18-13-4-2)11-10-14-8-6-5-7-9-14/h3-9,15,17H,1-2,10-13H2,(H,18,19)/t15-/m0/s1. The predicted molar refractivity (Wildman–Crippen MR) is 80.0 cm³/mol. The lowest BCUT2D eigenvalue weighted by molar-refractivity contribution is -0.123. The Balaban J connectivity index is 2.50. The zero-order valence-corrected chi connectivity index (χ0v) is 11.3. The van der Waals surface area contributed by atoms with E-state index in [9.17, 15) is 4.79 Å². The molecule has 1 rings (SSSR count). The van der Waals surface area contributed by atoms with Gasteiger partial charge in [0.2, 0.25) is 5.91 Å². The van der Waals surface area contributed by atoms with Crippen LogP contribution in [0.1, 0.15) is 12.0 Å². The molecule has 3 nitrogen and oxygen atoms in total. The molecule has 0 aliphatic heterocycles. The van der Waals surface area contributed by atoms with E-state index in [-0.39, 0.29) is 11.9 Å². The number of aryl methyl sites for hydroxylation is 1. The minimum Gasteiger partial charge on any atom is -0.351 e. The van der Waals surface area contributed by atoms with Gasteiger partial charge in [0, 0.05) is 13.1 Å². The minimum atomic E-state index is -0.196. The summed E-state index contributed by atoms with van der Waals surface area (Å²) in [6, 6.07) is 9.98. The second-order valence-electron chi connectivity index (χ2n) is 4.31. The number of hydrogen-bond acceptors (Lipinski definition) is 2. The Kier molecular flexibility index (Phi) is 7.28. The third kappa shape index (κ3) is 6.02. The molecule has 0 spiro atoms. The lowest BCUT2D eigenvalue weighted by Gasteiger charge is -2.17. The normalized spacial score (nSPS) is 11.6. The molecule has 0 aliphatic rings. The number of rotatable bonds is 9. The lowest BCUT2D eigenvalue weighted by atomic mass is 10.0. The fourth-order valence-electron chi connectivity index (χ4n) is 1.80. The van der Waals surface area contributed by atoms with E-state index in [4.69, 9.17) is 0 Å². The summed E-state index contributed by atoms with van der Waals surface area (Å²) in [5, 5.41) is 6.01. The second-order valence-corrected chi connectivity index (χ2v) is 4.31. The molecule has 1 atom stereocenters. The Morgan fingerprint density at radius 3 is 2.47 bits per heavy atom. The van der Waals surface area contributed by atoms with Crippen molar-refractivity contribution in [1.82, 2.24) is 10.6 Å². The third-order valence-corrected chi connectivity index (χ3v) is 2.81. The maximum absolute atomic E-state index is 12.0. The third-order valence-electron chi connectivity index (χ3n) is 2.81. The van der Waals surface area contributed by atoms with Gasteiger partial charge in [-0.25, -0.2) is 0 Å². The highest BCUT2D eigenvalue weighted by molar-refractivity contribution is 5.81. The highest BCUT2D eigenvalue weighted by Gasteiger charge is 2.16. The first-order valence-electron chi connectivity index (χ1n) is 6.54. The summed E-state index contributed by atoms with van der Waals surface area (Å²) < 4.78 is 0. The maximum atomic E-state index is 12.0. The van der Waals surface area contributed by atoms with Crippen molar-refractivity contribution < 1.29 is 4.79 Å². The topological polar surface area (TPSA) is 41.1 Å². The highest BCUT2D eigenvalue weighted by atomic mass is 16.2. The monoisotopic (exact) mass is 258 g/mol. The number of benzene rings is 1. The molecule has 2 N–H and O–H groups in total. The molecule has 19 heavy (non-hydrogen) atoms. The average molecular weight is 258 g/mol. The van der Waals surface area contributed by atoms with Gasteiger partial charge in [0.15, 0.2) is 0 Å². The van der Waals surface area contributed by atoms with Crippen LogP contribution in [0.3, 0.4) is 0 Å². The smallest absolute Gasteiger partial charge is 0.237 e. The van der Waals surface area contributed by atoms with Gasteiger partial charge < -0.3 is 10.6 Å². The second kappa shape index (κ2) is 9.11. The predicted octanol–water partition coefficient (Wildman–Crippen LogP) is 2.07. The largest absolute Gasteiger partial charge is 0.351 e. The maximum Gasteiger partial charge on any atom is 0.237 e. The molecular weight excluding hydrogens is 236 g/mol. The minimum absolute atomic E-state index is 0.0117. The van der Waals surface area contributed by atoms with E-state index in [2.05, 4.69) is 35.9 Å². The van der Waals surface area contributed by atoms with Gasteiger partial charge in [-0.3, -0.25) is 4.79 Å². The fourth-order valence-corrected chi connectivity index (χ4v) is 1.80. The first-order valence-corrected chi connectivity index (χ1v) is 6.54. The summed E-state index contributed by atoms with van der Waals surface area (Å²) in [5.74, 6) is 0.0117. The van der Waals surface area contributed by atoms with E-state index < -0.39 is 0 Å². The number of carbonyl (C=O) groups excluding carboxylic acids is 1. The van der Waals surface area contributed by atoms with Crippen molar-refractivity contribution in [2.24, 2.45) is 0 Å². The SMILES string of the molecule is C=CCNC(=O)[C@H](CCc1ccccc1)NCC=C. The van der Waals surface area contributed by atoms with Gasteiger partial charge in [0.1, 0.15) is 0 Å². The van der Waals surface area contributed by atoms with Crippen LogP contribution in [0.15, 0.2) is 55.6 Å². The van der Waals surface area contributed by atoms with Gasteiger partial charge in [0.25, 0.3) is 0 Å². The molecular formula is C16H22N2O. The van der Waals surface area contributed by atoms with Crippen molar-refractivity contribution >= 4 is 5.91 Å². The lowest BCUT2D eigenvalue weighted by Crippen LogP contribution is -2.44. The van der Waals surface area contributed by atoms with Crippen LogP contribution in [0.5, 0.6) is 0 Å². The Hall–Kier alpha value is -1.87. The van der Waals surface area contributed by atoms with Crippen molar-refractivity contribution in [3.05, 3.63) is 61.2 Å². The van der Waals surface area contributed by atoms with Crippen molar-refractivity contribution in [3.8, 4) is 0 Å². The van der Waals surface area contributed by atoms with Crippen LogP contribution in [0.4, 0.5) is 0 Å². The first-order chi connectivity index (χ1) is 9.27. The number of carbonyl (C=O) groups is 1. The van der Waals surface area contributed by atoms with Crippen LogP contribution in [-0.2, 0) is 11.2 Å². The van der Waals surface area contributed by atoms with Crippen molar-refractivity contribution in [2.45, 2.75) is 18.9 Å². The Morgan fingerprint density at radius 2 is 1.84 bits per heavy atom. The summed E-state index contributed by atoms with van der Waals surface area (Å²) in [6.45, 7) is 8.38. The van der Waals surface area contributed by atoms with Crippen LogP contribution in [-0.4, -0.2) is 25.0 Å². The molecule has 1 amide bonds. The molecule has 0 aliphatic carbocycles. The van der Waals surface area contributed by atoms with Crippen LogP contribution < -0.4 is 10.6 Å². The van der Waals surface area contributed by atoms with E-state index in [1.807, 2.05) is 18.2 Å². The molecule has 0 unspecified atom stereocenters.